The molecule has 2 aromatic carbocycles. The molecule has 1 heteroatoms. The maximum atomic E-state index is 2.14. The Labute approximate surface area is 89.0 Å². The lowest BCUT2D eigenvalue weighted by Gasteiger charge is -1.98. The minimum atomic E-state index is 1.28. The van der Waals surface area contributed by atoms with Crippen LogP contribution in [0.2, 0.25) is 6.55 Å². The molecule has 0 heterocycles. The quantitative estimate of drug-likeness (QED) is 0.621. The van der Waals surface area contributed by atoms with Crippen molar-refractivity contribution in [3.8, 4) is 11.1 Å². The zero-order chi connectivity index (χ0) is 10.2. The van der Waals surface area contributed by atoms with E-state index in [1.807, 2.05) is 12.1 Å². The second-order valence-electron chi connectivity index (χ2n) is 2.73. The maximum Gasteiger partial charge on any atom is -0.000585 e. The van der Waals surface area contributed by atoms with Crippen LogP contribution in [0.4, 0.5) is 0 Å². The van der Waals surface area contributed by atoms with Crippen molar-refractivity contribution in [2.24, 2.45) is 0 Å². The summed E-state index contributed by atoms with van der Waals surface area (Å²) in [7, 11) is 1.31. The summed E-state index contributed by atoms with van der Waals surface area (Å²) in [6.07, 6.45) is 0. The van der Waals surface area contributed by atoms with Crippen molar-refractivity contribution in [1.29, 1.82) is 0 Å². The van der Waals surface area contributed by atoms with Gasteiger partial charge < -0.3 is 0 Å². The Morgan fingerprint density at radius 3 is 1.14 bits per heavy atom. The van der Waals surface area contributed by atoms with Gasteiger partial charge in [-0.15, -0.1) is 0 Å². The molecule has 0 unspecified atom stereocenters. The molecule has 0 amide bonds. The Balaban J connectivity index is 0.000000461. The Bertz CT molecular complexity index is 303. The van der Waals surface area contributed by atoms with Gasteiger partial charge in [-0.05, 0) is 21.4 Å². The van der Waals surface area contributed by atoms with Crippen molar-refractivity contribution in [3.05, 3.63) is 60.7 Å². The summed E-state index contributed by atoms with van der Waals surface area (Å²) in [5.74, 6) is 0. The van der Waals surface area contributed by atoms with Crippen molar-refractivity contribution >= 4 is 10.2 Å². The Hall–Kier alpha value is -1.34. The third-order valence-corrected chi connectivity index (χ3v) is 1.88. The highest BCUT2D eigenvalue weighted by Gasteiger charge is 1.91. The second-order valence-corrected chi connectivity index (χ2v) is 2.73. The zero-order valence-electron chi connectivity index (χ0n) is 8.77. The van der Waals surface area contributed by atoms with Gasteiger partial charge in [0, 0.05) is 0 Å². The molecule has 0 spiro atoms. The number of hydrogen-bond acceptors (Lipinski definition) is 0. The lowest BCUT2D eigenvalue weighted by atomic mass is 10.1. The Morgan fingerprint density at radius 2 is 0.857 bits per heavy atom. The minimum Gasteiger partial charge on any atom is -0.0777 e. The fourth-order valence-electron chi connectivity index (χ4n) is 1.26. The van der Waals surface area contributed by atoms with Crippen LogP contribution in [0.1, 0.15) is 0 Å². The van der Waals surface area contributed by atoms with Crippen LogP contribution in [0.5, 0.6) is 0 Å². The van der Waals surface area contributed by atoms with E-state index in [9.17, 15) is 0 Å². The van der Waals surface area contributed by atoms with Crippen molar-refractivity contribution in [3.63, 3.8) is 0 Å². The largest absolute Gasteiger partial charge is 0.0777 e. The first kappa shape index (κ1) is 10.7. The molecule has 2 rings (SSSR count). The molecule has 0 radical (unpaired) electrons. The molecule has 14 heavy (non-hydrogen) atoms. The molecule has 0 aliphatic rings. The van der Waals surface area contributed by atoms with Crippen LogP contribution in [0.25, 0.3) is 11.1 Å². The van der Waals surface area contributed by atoms with E-state index in [1.165, 1.54) is 21.4 Å². The van der Waals surface area contributed by atoms with Crippen LogP contribution < -0.4 is 0 Å². The Kier molecular flexibility index (Phi) is 4.73. The summed E-state index contributed by atoms with van der Waals surface area (Å²) in [4.78, 5) is 0. The highest BCUT2D eigenvalue weighted by molar-refractivity contribution is 6.05. The van der Waals surface area contributed by atoms with Crippen molar-refractivity contribution in [1.82, 2.24) is 0 Å². The van der Waals surface area contributed by atoms with Gasteiger partial charge in [0.15, 0.2) is 0 Å². The van der Waals surface area contributed by atoms with Crippen LogP contribution in [0, 0.1) is 0 Å². The van der Waals surface area contributed by atoms with Gasteiger partial charge in [0.05, 0.1) is 0 Å². The zero-order valence-corrected chi connectivity index (χ0v) is 10.8. The smallest absolute Gasteiger partial charge is 0.000585 e. The van der Waals surface area contributed by atoms with Crippen LogP contribution >= 0.6 is 0 Å². The molecule has 0 aliphatic heterocycles. The van der Waals surface area contributed by atoms with Gasteiger partial charge in [0.2, 0.25) is 0 Å². The third-order valence-electron chi connectivity index (χ3n) is 1.88. The average molecular weight is 200 g/mol. The van der Waals surface area contributed by atoms with Gasteiger partial charge in [-0.1, -0.05) is 67.2 Å². The summed E-state index contributed by atoms with van der Waals surface area (Å²) in [6.45, 7) is 2.14. The summed E-state index contributed by atoms with van der Waals surface area (Å²) in [6, 6.07) is 20.8. The number of hydrogen-bond donors (Lipinski definition) is 0. The lowest BCUT2D eigenvalue weighted by Crippen LogP contribution is -1.73. The standard InChI is InChI=1S/C12H10.CH6Si/c1-3-7-11(8-4-1)12-9-5-2-6-10-12;1-2/h1-10H;1-2H3. The topological polar surface area (TPSA) is 0 Å². The van der Waals surface area contributed by atoms with E-state index in [1.54, 1.807) is 0 Å². The second kappa shape index (κ2) is 6.16. The first-order chi connectivity index (χ1) is 6.97. The monoisotopic (exact) mass is 200 g/mol. The summed E-state index contributed by atoms with van der Waals surface area (Å²) in [5.41, 5.74) is 2.55. The molecular formula is C13H16Si. The van der Waals surface area contributed by atoms with Crippen LogP contribution in [0.15, 0.2) is 60.7 Å². The van der Waals surface area contributed by atoms with Crippen LogP contribution in [-0.4, -0.2) is 10.2 Å². The molecule has 0 aliphatic carbocycles. The summed E-state index contributed by atoms with van der Waals surface area (Å²) < 4.78 is 0. The third kappa shape index (κ3) is 2.86. The number of benzene rings is 2. The van der Waals surface area contributed by atoms with Crippen molar-refractivity contribution in [2.45, 2.75) is 6.55 Å². The normalized spacial score (nSPS) is 8.93. The van der Waals surface area contributed by atoms with Gasteiger partial charge in [-0.2, -0.15) is 0 Å². The first-order valence-corrected chi connectivity index (χ1v) is 7.07. The van der Waals surface area contributed by atoms with E-state index in [4.69, 9.17) is 0 Å². The molecule has 0 nitrogen and oxygen atoms in total. The molecule has 0 atom stereocenters. The van der Waals surface area contributed by atoms with Crippen molar-refractivity contribution in [2.75, 3.05) is 0 Å². The lowest BCUT2D eigenvalue weighted by molar-refractivity contribution is 1.62. The molecular weight excluding hydrogens is 184 g/mol. The van der Waals surface area contributed by atoms with Gasteiger partial charge in [0.1, 0.15) is 0 Å². The molecule has 72 valence electrons. The first-order valence-electron chi connectivity index (χ1n) is 5.07. The van der Waals surface area contributed by atoms with E-state index >= 15 is 0 Å². The Morgan fingerprint density at radius 1 is 0.571 bits per heavy atom. The van der Waals surface area contributed by atoms with E-state index in [0.717, 1.165) is 0 Å². The summed E-state index contributed by atoms with van der Waals surface area (Å²) >= 11 is 0. The minimum absolute atomic E-state index is 1.28. The highest BCUT2D eigenvalue weighted by atomic mass is 28.1. The molecule has 0 saturated heterocycles. The SMILES string of the molecule is C[SiH3].c1ccc(-c2ccccc2)cc1. The molecule has 0 bridgehead atoms. The maximum absolute atomic E-state index is 2.14. The van der Waals surface area contributed by atoms with E-state index in [2.05, 4.69) is 55.1 Å². The van der Waals surface area contributed by atoms with Crippen LogP contribution in [0.3, 0.4) is 0 Å². The molecule has 0 fully saturated rings. The average Bonchev–Trinajstić information content (AvgIpc) is 2.34. The molecule has 0 N–H and O–H groups in total. The molecule has 0 saturated carbocycles. The van der Waals surface area contributed by atoms with E-state index in [0.29, 0.717) is 0 Å². The molecule has 2 aromatic rings. The molecule has 0 aromatic heterocycles. The highest BCUT2D eigenvalue weighted by Crippen LogP contribution is 2.17. The van der Waals surface area contributed by atoms with Gasteiger partial charge >= 0.3 is 0 Å². The predicted molar refractivity (Wildman–Crippen MR) is 67.7 cm³/mol. The van der Waals surface area contributed by atoms with Gasteiger partial charge in [-0.3, -0.25) is 0 Å². The van der Waals surface area contributed by atoms with Gasteiger partial charge in [-0.25, -0.2) is 0 Å². The van der Waals surface area contributed by atoms with E-state index in [-0.39, 0.29) is 0 Å². The fourth-order valence-corrected chi connectivity index (χ4v) is 1.26. The van der Waals surface area contributed by atoms with Crippen LogP contribution in [-0.2, 0) is 0 Å². The van der Waals surface area contributed by atoms with Gasteiger partial charge in [0.25, 0.3) is 0 Å². The summed E-state index contributed by atoms with van der Waals surface area (Å²) in [5, 5.41) is 0. The van der Waals surface area contributed by atoms with Crippen molar-refractivity contribution < 1.29 is 0 Å². The predicted octanol–water partition coefficient (Wildman–Crippen LogP) is 2.75. The number of rotatable bonds is 1. The van der Waals surface area contributed by atoms with E-state index < -0.39 is 0 Å². The fraction of sp³-hybridized carbons (Fsp3) is 0.0769.